The third-order valence-corrected chi connectivity index (χ3v) is 7.64. The predicted molar refractivity (Wildman–Crippen MR) is 128 cm³/mol. The lowest BCUT2D eigenvalue weighted by Gasteiger charge is -2.21. The van der Waals surface area contributed by atoms with E-state index in [0.29, 0.717) is 34.5 Å². The first-order valence-corrected chi connectivity index (χ1v) is 12.1. The Hall–Kier alpha value is -3.46. The van der Waals surface area contributed by atoms with E-state index in [0.717, 1.165) is 43.3 Å². The van der Waals surface area contributed by atoms with Gasteiger partial charge in [-0.15, -0.1) is 0 Å². The van der Waals surface area contributed by atoms with Crippen LogP contribution >= 0.6 is 0 Å². The molecule has 2 unspecified atom stereocenters. The number of carbonyl (C=O) groups excluding carboxylic acids is 1. The number of fused-ring (bicyclic) bond motifs is 6. The Bertz CT molecular complexity index is 1510. The molecule has 4 aromatic rings. The van der Waals surface area contributed by atoms with Crippen molar-refractivity contribution in [1.82, 2.24) is 24.3 Å². The number of nitrogens with one attached hydrogen (secondary N) is 1. The van der Waals surface area contributed by atoms with E-state index < -0.39 is 11.4 Å². The van der Waals surface area contributed by atoms with Crippen LogP contribution in [0.25, 0.3) is 27.7 Å². The van der Waals surface area contributed by atoms with Gasteiger partial charge in [0, 0.05) is 38.4 Å². The van der Waals surface area contributed by atoms with Gasteiger partial charge in [-0.05, 0) is 43.7 Å². The number of aromatic nitrogens is 4. The van der Waals surface area contributed by atoms with Gasteiger partial charge in [0.15, 0.2) is 5.65 Å². The summed E-state index contributed by atoms with van der Waals surface area (Å²) in [7, 11) is 0. The molecule has 1 aliphatic carbocycles. The van der Waals surface area contributed by atoms with Gasteiger partial charge in [0.25, 0.3) is 0 Å². The molecule has 0 radical (unpaired) electrons. The molecule has 0 bridgehead atoms. The molecule has 9 nitrogen and oxygen atoms in total. The third kappa shape index (κ3) is 2.89. The highest BCUT2D eigenvalue weighted by molar-refractivity contribution is 6.02. The maximum Gasteiger partial charge on any atom is 0.345 e. The van der Waals surface area contributed by atoms with Crippen LogP contribution in [0.15, 0.2) is 35.3 Å². The molecule has 3 aliphatic rings. The van der Waals surface area contributed by atoms with Crippen molar-refractivity contribution in [2.75, 3.05) is 37.7 Å². The van der Waals surface area contributed by atoms with E-state index in [1.807, 2.05) is 28.7 Å². The number of aromatic amines is 1. The summed E-state index contributed by atoms with van der Waals surface area (Å²) in [4.78, 5) is 43.8. The normalized spacial score (nSPS) is 22.8. The second-order valence-corrected chi connectivity index (χ2v) is 9.77. The van der Waals surface area contributed by atoms with Gasteiger partial charge in [-0.25, -0.2) is 9.78 Å². The predicted octanol–water partition coefficient (Wildman–Crippen LogP) is 2.43. The molecule has 3 aromatic heterocycles. The summed E-state index contributed by atoms with van der Waals surface area (Å²) in [6, 6.07) is 8.53. The molecule has 3 fully saturated rings. The van der Waals surface area contributed by atoms with E-state index in [9.17, 15) is 9.59 Å². The quantitative estimate of drug-likeness (QED) is 0.469. The molecule has 2 atom stereocenters. The molecule has 0 spiro atoms. The van der Waals surface area contributed by atoms with Gasteiger partial charge in [-0.2, -0.15) is 4.98 Å². The molecule has 7 rings (SSSR count). The maximum atomic E-state index is 13.4. The minimum Gasteiger partial charge on any atom is -0.462 e. The SMILES string of the molecule is CCOC(=O)c1c(=O)c2cnc(N3CC4CN(C5CC5)CC4C3)nc2n2c1[nH]c1ccccc12. The summed E-state index contributed by atoms with van der Waals surface area (Å²) in [6.07, 6.45) is 4.27. The molecule has 174 valence electrons. The van der Waals surface area contributed by atoms with Crippen LogP contribution < -0.4 is 10.3 Å². The van der Waals surface area contributed by atoms with Gasteiger partial charge in [0.1, 0.15) is 11.2 Å². The second-order valence-electron chi connectivity index (χ2n) is 9.77. The first-order valence-electron chi connectivity index (χ1n) is 12.1. The molecule has 1 saturated carbocycles. The number of hydrogen-bond donors (Lipinski definition) is 1. The summed E-state index contributed by atoms with van der Waals surface area (Å²) in [6.45, 7) is 6.11. The van der Waals surface area contributed by atoms with Crippen molar-refractivity contribution in [1.29, 1.82) is 0 Å². The molecule has 9 heteroatoms. The summed E-state index contributed by atoms with van der Waals surface area (Å²) in [5.74, 6) is 1.28. The number of ether oxygens (including phenoxy) is 1. The molecule has 5 heterocycles. The first kappa shape index (κ1) is 20.0. The minimum absolute atomic E-state index is 0.0160. The maximum absolute atomic E-state index is 13.4. The number of H-pyrrole nitrogens is 1. The van der Waals surface area contributed by atoms with Crippen LogP contribution in [0, 0.1) is 11.8 Å². The van der Waals surface area contributed by atoms with E-state index in [-0.39, 0.29) is 12.2 Å². The average Bonchev–Trinajstić information content (AvgIpc) is 3.32. The fourth-order valence-electron chi connectivity index (χ4n) is 5.88. The van der Waals surface area contributed by atoms with E-state index in [1.54, 1.807) is 13.1 Å². The Kier molecular flexibility index (Phi) is 4.27. The highest BCUT2D eigenvalue weighted by Gasteiger charge is 2.44. The zero-order chi connectivity index (χ0) is 23.0. The molecule has 0 amide bonds. The summed E-state index contributed by atoms with van der Waals surface area (Å²) in [5, 5.41) is 0.313. The average molecular weight is 459 g/mol. The van der Waals surface area contributed by atoms with Crippen molar-refractivity contribution in [2.45, 2.75) is 25.8 Å². The van der Waals surface area contributed by atoms with Gasteiger partial charge in [-0.1, -0.05) is 12.1 Å². The highest BCUT2D eigenvalue weighted by atomic mass is 16.5. The zero-order valence-electron chi connectivity index (χ0n) is 19.0. The summed E-state index contributed by atoms with van der Waals surface area (Å²) in [5.41, 5.74) is 2.14. The molecule has 1 aromatic carbocycles. The van der Waals surface area contributed by atoms with Crippen molar-refractivity contribution in [3.05, 3.63) is 46.2 Å². The highest BCUT2D eigenvalue weighted by Crippen LogP contribution is 2.38. The number of hydrogen-bond acceptors (Lipinski definition) is 7. The third-order valence-electron chi connectivity index (χ3n) is 7.64. The first-order chi connectivity index (χ1) is 16.6. The van der Waals surface area contributed by atoms with Crippen molar-refractivity contribution in [2.24, 2.45) is 11.8 Å². The minimum atomic E-state index is -0.643. The van der Waals surface area contributed by atoms with Gasteiger partial charge >= 0.3 is 5.97 Å². The number of para-hydroxylation sites is 2. The van der Waals surface area contributed by atoms with E-state index >= 15 is 0 Å². The largest absolute Gasteiger partial charge is 0.462 e. The van der Waals surface area contributed by atoms with Crippen molar-refractivity contribution in [3.8, 4) is 0 Å². The van der Waals surface area contributed by atoms with Crippen molar-refractivity contribution < 1.29 is 9.53 Å². The molecule has 34 heavy (non-hydrogen) atoms. The van der Waals surface area contributed by atoms with Crippen LogP contribution in [0.5, 0.6) is 0 Å². The Morgan fingerprint density at radius 1 is 1.15 bits per heavy atom. The zero-order valence-corrected chi connectivity index (χ0v) is 19.0. The number of pyridine rings is 1. The summed E-state index contributed by atoms with van der Waals surface area (Å²) >= 11 is 0. The van der Waals surface area contributed by atoms with Crippen molar-refractivity contribution in [3.63, 3.8) is 0 Å². The van der Waals surface area contributed by atoms with Crippen LogP contribution in [-0.2, 0) is 4.74 Å². The number of rotatable bonds is 4. The fraction of sp³-hybridized carbons (Fsp3) is 0.440. The topological polar surface area (TPSA) is 95.8 Å². The number of nitrogens with zero attached hydrogens (tertiary/aromatic N) is 5. The fourth-order valence-corrected chi connectivity index (χ4v) is 5.88. The Balaban J connectivity index is 1.37. The van der Waals surface area contributed by atoms with Crippen LogP contribution in [0.2, 0.25) is 0 Å². The lowest BCUT2D eigenvalue weighted by molar-refractivity contribution is 0.0527. The molecular formula is C25H26N6O3. The number of carbonyl (C=O) groups is 1. The number of likely N-dealkylation sites (tertiary alicyclic amines) is 1. The van der Waals surface area contributed by atoms with Crippen LogP contribution in [0.3, 0.4) is 0 Å². The van der Waals surface area contributed by atoms with Gasteiger partial charge in [0.05, 0.1) is 23.0 Å². The van der Waals surface area contributed by atoms with Crippen LogP contribution in [0.4, 0.5) is 5.95 Å². The molecule has 1 N–H and O–H groups in total. The van der Waals surface area contributed by atoms with Crippen LogP contribution in [-0.4, -0.2) is 69.0 Å². The van der Waals surface area contributed by atoms with E-state index in [1.165, 1.54) is 12.8 Å². The molecule has 2 aliphatic heterocycles. The number of anilines is 1. The monoisotopic (exact) mass is 458 g/mol. The molecular weight excluding hydrogens is 432 g/mol. The van der Waals surface area contributed by atoms with Gasteiger partial charge in [-0.3, -0.25) is 14.1 Å². The van der Waals surface area contributed by atoms with Gasteiger partial charge in [0.2, 0.25) is 11.4 Å². The van der Waals surface area contributed by atoms with Crippen LogP contribution in [0.1, 0.15) is 30.1 Å². The Morgan fingerprint density at radius 2 is 1.91 bits per heavy atom. The second kappa shape index (κ2) is 7.27. The number of benzene rings is 1. The molecule has 2 saturated heterocycles. The lowest BCUT2D eigenvalue weighted by atomic mass is 10.0. The van der Waals surface area contributed by atoms with E-state index in [2.05, 4.69) is 19.8 Å². The number of imidazole rings is 1. The van der Waals surface area contributed by atoms with Gasteiger partial charge < -0.3 is 14.6 Å². The lowest BCUT2D eigenvalue weighted by Crippen LogP contribution is -2.31. The smallest absolute Gasteiger partial charge is 0.345 e. The Morgan fingerprint density at radius 3 is 2.65 bits per heavy atom. The standard InChI is InChI=1S/C25H26N6O3/c1-2-34-24(33)20-21(32)17-9-26-25(30-12-14-10-29(16-7-8-16)11-15(14)13-30)28-22(17)31-19-6-4-3-5-18(19)27-23(20)31/h3-6,9,14-16,27H,2,7-8,10-13H2,1H3. The van der Waals surface area contributed by atoms with Crippen molar-refractivity contribution >= 4 is 39.6 Å². The number of esters is 1. The van der Waals surface area contributed by atoms with E-state index in [4.69, 9.17) is 9.72 Å². The Labute approximate surface area is 195 Å². The summed E-state index contributed by atoms with van der Waals surface area (Å²) < 4.78 is 7.07.